The van der Waals surface area contributed by atoms with Crippen LogP contribution in [0.3, 0.4) is 0 Å². The molecule has 6 heteroatoms. The average molecular weight is 460 g/mol. The predicted molar refractivity (Wildman–Crippen MR) is 134 cm³/mol. The Bertz CT molecular complexity index is 1050. The van der Waals surface area contributed by atoms with Crippen molar-refractivity contribution in [3.05, 3.63) is 89.7 Å². The fourth-order valence-corrected chi connectivity index (χ4v) is 4.20. The maximum atomic E-state index is 12.6. The lowest BCUT2D eigenvalue weighted by molar-refractivity contribution is 0.0940. The van der Waals surface area contributed by atoms with Crippen LogP contribution >= 0.6 is 0 Å². The SMILES string of the molecule is CO.O=C(NCc1cccc(C(=O)NCC2CCCCC2)c1)c1ccc(-c2ccncc2)cc1. The molecule has 2 aromatic carbocycles. The Kier molecular flexibility index (Phi) is 9.80. The molecule has 6 nitrogen and oxygen atoms in total. The van der Waals surface area contributed by atoms with Gasteiger partial charge in [-0.3, -0.25) is 14.6 Å². The maximum Gasteiger partial charge on any atom is 0.251 e. The molecule has 1 aliphatic rings. The van der Waals surface area contributed by atoms with Crippen LogP contribution in [0.25, 0.3) is 11.1 Å². The van der Waals surface area contributed by atoms with Crippen LogP contribution in [0.1, 0.15) is 58.4 Å². The average Bonchev–Trinajstić information content (AvgIpc) is 2.93. The second kappa shape index (κ2) is 13.3. The van der Waals surface area contributed by atoms with Gasteiger partial charge in [0.05, 0.1) is 0 Å². The molecule has 1 aliphatic carbocycles. The number of pyridine rings is 1. The van der Waals surface area contributed by atoms with E-state index in [1.165, 1.54) is 32.1 Å². The summed E-state index contributed by atoms with van der Waals surface area (Å²) >= 11 is 0. The molecule has 4 rings (SSSR count). The zero-order valence-corrected chi connectivity index (χ0v) is 19.7. The normalized spacial score (nSPS) is 13.4. The first kappa shape index (κ1) is 25.1. The van der Waals surface area contributed by atoms with Crippen molar-refractivity contribution in [1.29, 1.82) is 0 Å². The van der Waals surface area contributed by atoms with Crippen molar-refractivity contribution >= 4 is 11.8 Å². The number of nitrogens with one attached hydrogen (secondary N) is 2. The van der Waals surface area contributed by atoms with E-state index >= 15 is 0 Å². The van der Waals surface area contributed by atoms with Crippen molar-refractivity contribution in [3.63, 3.8) is 0 Å². The lowest BCUT2D eigenvalue weighted by atomic mass is 9.89. The zero-order chi connectivity index (χ0) is 24.2. The molecule has 178 valence electrons. The number of aliphatic hydroxyl groups excluding tert-OH is 1. The highest BCUT2D eigenvalue weighted by Crippen LogP contribution is 2.23. The van der Waals surface area contributed by atoms with Gasteiger partial charge in [-0.15, -0.1) is 0 Å². The van der Waals surface area contributed by atoms with E-state index in [1.54, 1.807) is 12.4 Å². The number of hydrogen-bond acceptors (Lipinski definition) is 4. The van der Waals surface area contributed by atoms with Crippen LogP contribution in [0.2, 0.25) is 0 Å². The van der Waals surface area contributed by atoms with E-state index in [1.807, 2.05) is 60.7 Å². The van der Waals surface area contributed by atoms with Crippen LogP contribution in [0, 0.1) is 5.92 Å². The Morgan fingerprint density at radius 3 is 2.18 bits per heavy atom. The number of carbonyl (C=O) groups is 2. The molecule has 0 aliphatic heterocycles. The van der Waals surface area contributed by atoms with E-state index in [4.69, 9.17) is 5.11 Å². The molecule has 34 heavy (non-hydrogen) atoms. The first-order valence-electron chi connectivity index (χ1n) is 11.8. The molecule has 1 fully saturated rings. The van der Waals surface area contributed by atoms with Gasteiger partial charge in [0.15, 0.2) is 0 Å². The minimum absolute atomic E-state index is 0.0459. The van der Waals surface area contributed by atoms with Crippen LogP contribution in [-0.4, -0.2) is 35.6 Å². The Morgan fingerprint density at radius 2 is 1.47 bits per heavy atom. The van der Waals surface area contributed by atoms with Crippen molar-refractivity contribution in [2.45, 2.75) is 38.6 Å². The summed E-state index contributed by atoms with van der Waals surface area (Å²) < 4.78 is 0. The summed E-state index contributed by atoms with van der Waals surface area (Å²) in [4.78, 5) is 29.1. The summed E-state index contributed by atoms with van der Waals surface area (Å²) in [6.07, 6.45) is 9.75. The summed E-state index contributed by atoms with van der Waals surface area (Å²) in [7, 11) is 1.00. The molecule has 2 amide bonds. The van der Waals surface area contributed by atoms with E-state index in [2.05, 4.69) is 15.6 Å². The van der Waals surface area contributed by atoms with Crippen molar-refractivity contribution in [3.8, 4) is 11.1 Å². The van der Waals surface area contributed by atoms with Gasteiger partial charge in [0.1, 0.15) is 0 Å². The van der Waals surface area contributed by atoms with E-state index in [9.17, 15) is 9.59 Å². The van der Waals surface area contributed by atoms with Crippen molar-refractivity contribution in [1.82, 2.24) is 15.6 Å². The number of aliphatic hydroxyl groups is 1. The summed E-state index contributed by atoms with van der Waals surface area (Å²) in [5, 5.41) is 13.0. The van der Waals surface area contributed by atoms with E-state index in [-0.39, 0.29) is 11.8 Å². The number of amides is 2. The molecule has 1 aromatic heterocycles. The highest BCUT2D eigenvalue weighted by Gasteiger charge is 2.15. The summed E-state index contributed by atoms with van der Waals surface area (Å²) in [5.41, 5.74) is 4.23. The Labute approximate surface area is 201 Å². The standard InChI is InChI=1S/C27H29N3O2.CH4O/c31-26(24-11-9-22(10-12-24)23-13-15-28-16-14-23)30-19-21-7-4-8-25(17-21)27(32)29-18-20-5-2-1-3-6-20;1-2/h4,7-17,20H,1-3,5-6,18-19H2,(H,29,32)(H,30,31);2H,1H3. The molecule has 1 saturated carbocycles. The van der Waals surface area contributed by atoms with E-state index < -0.39 is 0 Å². The summed E-state index contributed by atoms with van der Waals surface area (Å²) in [6, 6.07) is 18.8. The number of rotatable bonds is 7. The van der Waals surface area contributed by atoms with Gasteiger partial charge in [0.25, 0.3) is 11.8 Å². The lowest BCUT2D eigenvalue weighted by Gasteiger charge is -2.21. The summed E-state index contributed by atoms with van der Waals surface area (Å²) in [6.45, 7) is 1.12. The van der Waals surface area contributed by atoms with Gasteiger partial charge in [-0.05, 0) is 71.8 Å². The van der Waals surface area contributed by atoms with Gasteiger partial charge in [0.2, 0.25) is 0 Å². The van der Waals surface area contributed by atoms with E-state index in [0.29, 0.717) is 23.6 Å². The second-order valence-electron chi connectivity index (χ2n) is 8.41. The molecule has 3 N–H and O–H groups in total. The van der Waals surface area contributed by atoms with Gasteiger partial charge in [-0.25, -0.2) is 0 Å². The third kappa shape index (κ3) is 7.25. The highest BCUT2D eigenvalue weighted by atomic mass is 16.2. The predicted octanol–water partition coefficient (Wildman–Crippen LogP) is 4.60. The molecule has 0 bridgehead atoms. The van der Waals surface area contributed by atoms with Gasteiger partial charge in [0, 0.05) is 43.7 Å². The molecule has 0 unspecified atom stereocenters. The fourth-order valence-electron chi connectivity index (χ4n) is 4.20. The van der Waals surface area contributed by atoms with Crippen LogP contribution in [0.5, 0.6) is 0 Å². The minimum atomic E-state index is -0.140. The largest absolute Gasteiger partial charge is 0.400 e. The van der Waals surface area contributed by atoms with E-state index in [0.717, 1.165) is 30.3 Å². The number of aromatic nitrogens is 1. The number of carbonyl (C=O) groups excluding carboxylic acids is 2. The molecule has 1 heterocycles. The zero-order valence-electron chi connectivity index (χ0n) is 19.7. The van der Waals surface area contributed by atoms with Gasteiger partial charge >= 0.3 is 0 Å². The van der Waals surface area contributed by atoms with Gasteiger partial charge in [-0.1, -0.05) is 43.5 Å². The van der Waals surface area contributed by atoms with Crippen LogP contribution in [0.4, 0.5) is 0 Å². The first-order valence-corrected chi connectivity index (χ1v) is 11.8. The first-order chi connectivity index (χ1) is 16.7. The molecule has 0 atom stereocenters. The van der Waals surface area contributed by atoms with Crippen LogP contribution in [0.15, 0.2) is 73.1 Å². The third-order valence-electron chi connectivity index (χ3n) is 6.08. The molecule has 0 spiro atoms. The van der Waals surface area contributed by atoms with Gasteiger partial charge in [-0.2, -0.15) is 0 Å². The molecule has 3 aromatic rings. The molecule has 0 saturated heterocycles. The minimum Gasteiger partial charge on any atom is -0.400 e. The smallest absolute Gasteiger partial charge is 0.251 e. The molecular formula is C28H33N3O3. The third-order valence-corrected chi connectivity index (χ3v) is 6.08. The second-order valence-corrected chi connectivity index (χ2v) is 8.41. The topological polar surface area (TPSA) is 91.3 Å². The molecular weight excluding hydrogens is 426 g/mol. The van der Waals surface area contributed by atoms with Crippen LogP contribution < -0.4 is 10.6 Å². The van der Waals surface area contributed by atoms with Gasteiger partial charge < -0.3 is 15.7 Å². The van der Waals surface area contributed by atoms with Crippen molar-refractivity contribution in [2.24, 2.45) is 5.92 Å². The monoisotopic (exact) mass is 459 g/mol. The fraction of sp³-hybridized carbons (Fsp3) is 0.321. The Balaban J connectivity index is 0.00000158. The van der Waals surface area contributed by atoms with Crippen LogP contribution in [-0.2, 0) is 6.54 Å². The quantitative estimate of drug-likeness (QED) is 0.482. The Morgan fingerprint density at radius 1 is 0.824 bits per heavy atom. The molecule has 0 radical (unpaired) electrons. The number of hydrogen-bond donors (Lipinski definition) is 3. The highest BCUT2D eigenvalue weighted by molar-refractivity contribution is 5.95. The summed E-state index contributed by atoms with van der Waals surface area (Å²) in [5.74, 6) is 0.411. The number of benzene rings is 2. The van der Waals surface area contributed by atoms with Crippen molar-refractivity contribution in [2.75, 3.05) is 13.7 Å². The van der Waals surface area contributed by atoms with Crippen molar-refractivity contribution < 1.29 is 14.7 Å². The Hall–Kier alpha value is -3.51. The maximum absolute atomic E-state index is 12.6. The lowest BCUT2D eigenvalue weighted by Crippen LogP contribution is -2.30. The number of nitrogens with zero attached hydrogens (tertiary/aromatic N) is 1.